The Kier molecular flexibility index (Phi) is 12.9. The fourth-order valence-electron chi connectivity index (χ4n) is 6.22. The molecule has 0 spiro atoms. The molecule has 5 aromatic carbocycles. The van der Waals surface area contributed by atoms with E-state index in [-0.39, 0.29) is 30.7 Å². The van der Waals surface area contributed by atoms with Gasteiger partial charge in [-0.2, -0.15) is 0 Å². The van der Waals surface area contributed by atoms with Crippen molar-refractivity contribution in [3.63, 3.8) is 0 Å². The van der Waals surface area contributed by atoms with Crippen molar-refractivity contribution in [1.82, 2.24) is 0 Å². The Morgan fingerprint density at radius 2 is 1.17 bits per heavy atom. The molecule has 2 heterocycles. The molecule has 1 amide bonds. The minimum Gasteiger partial charge on any atom is -0.374 e. The molecule has 0 bridgehead atoms. The second-order valence-electron chi connectivity index (χ2n) is 12.2. The van der Waals surface area contributed by atoms with Gasteiger partial charge in [0, 0.05) is 54.5 Å². The number of amides is 1. The zero-order valence-electron chi connectivity index (χ0n) is 27.2. The third-order valence-corrected chi connectivity index (χ3v) is 10.3. The maximum atomic E-state index is 13.6. The van der Waals surface area contributed by atoms with Crippen LogP contribution in [0.25, 0.3) is 0 Å². The monoisotopic (exact) mass is 822 g/mol. The predicted molar refractivity (Wildman–Crippen MR) is 207 cm³/mol. The molecule has 5 aromatic rings. The van der Waals surface area contributed by atoms with Crippen LogP contribution in [-0.4, -0.2) is 38.4 Å². The molecule has 0 aromatic heterocycles. The van der Waals surface area contributed by atoms with Crippen LogP contribution in [0.4, 0.5) is 20.2 Å². The zero-order valence-corrected chi connectivity index (χ0v) is 31.8. The highest BCUT2D eigenvalue weighted by molar-refractivity contribution is 6.35. The largest absolute Gasteiger partial charge is 0.374 e. The van der Waals surface area contributed by atoms with E-state index in [1.165, 1.54) is 6.07 Å². The molecular formula is C39H30Cl6F2N2O3. The van der Waals surface area contributed by atoms with E-state index in [0.717, 1.165) is 28.6 Å². The quantitative estimate of drug-likeness (QED) is 0.171. The topological polar surface area (TPSA) is 42.0 Å². The summed E-state index contributed by atoms with van der Waals surface area (Å²) >= 11 is 36.8. The second-order valence-corrected chi connectivity index (χ2v) is 14.7. The Hall–Kier alpha value is -3.11. The molecule has 52 heavy (non-hydrogen) atoms. The molecule has 0 saturated carbocycles. The van der Waals surface area contributed by atoms with Crippen LogP contribution in [0, 0.1) is 11.6 Å². The molecule has 2 saturated heterocycles. The number of carbonyl (C=O) groups is 1. The molecule has 3 atom stereocenters. The fourth-order valence-corrected chi connectivity index (χ4v) is 7.54. The average molecular weight is 825 g/mol. The number of benzene rings is 5. The van der Waals surface area contributed by atoms with E-state index in [0.29, 0.717) is 61.9 Å². The van der Waals surface area contributed by atoms with Crippen LogP contribution in [0.5, 0.6) is 0 Å². The Balaban J connectivity index is 0.000000187. The van der Waals surface area contributed by atoms with E-state index < -0.39 is 11.6 Å². The van der Waals surface area contributed by atoms with Gasteiger partial charge in [0.15, 0.2) is 11.6 Å². The van der Waals surface area contributed by atoms with Crippen molar-refractivity contribution in [1.29, 1.82) is 0 Å². The summed E-state index contributed by atoms with van der Waals surface area (Å²) in [5, 5.41) is 3.45. The van der Waals surface area contributed by atoms with Crippen molar-refractivity contribution < 1.29 is 23.0 Å². The van der Waals surface area contributed by atoms with Gasteiger partial charge in [-0.25, -0.2) is 8.78 Å². The van der Waals surface area contributed by atoms with Crippen molar-refractivity contribution in [3.8, 4) is 0 Å². The first-order valence-electron chi connectivity index (χ1n) is 16.1. The average Bonchev–Trinajstić information content (AvgIpc) is 3.11. The molecule has 13 heteroatoms. The molecular weight excluding hydrogens is 795 g/mol. The maximum Gasteiger partial charge on any atom is 0.253 e. The predicted octanol–water partition coefficient (Wildman–Crippen LogP) is 11.9. The van der Waals surface area contributed by atoms with Gasteiger partial charge < -0.3 is 19.3 Å². The van der Waals surface area contributed by atoms with E-state index in [9.17, 15) is 13.6 Å². The van der Waals surface area contributed by atoms with Crippen LogP contribution < -0.4 is 9.80 Å². The number of carbonyl (C=O) groups excluding carboxylic acids is 1. The van der Waals surface area contributed by atoms with Gasteiger partial charge in [0.25, 0.3) is 5.91 Å². The van der Waals surface area contributed by atoms with Gasteiger partial charge in [-0.3, -0.25) is 4.79 Å². The SMILES string of the molecule is Fc1ccc(CC2CN(c3ccc(Cl)cc3)C(c3ccc(Cl)cc3Cl)CO2)cc1F.O=C1COCC(c2ccc(Cl)cc2Cl)N1c1ccc(Cl)cc1. The molecule has 0 aliphatic carbocycles. The van der Waals surface area contributed by atoms with Gasteiger partial charge in [-0.1, -0.05) is 87.8 Å². The Morgan fingerprint density at radius 3 is 1.75 bits per heavy atom. The molecule has 2 aliphatic heterocycles. The van der Waals surface area contributed by atoms with Gasteiger partial charge in [0.05, 0.1) is 31.4 Å². The minimum atomic E-state index is -0.858. The highest BCUT2D eigenvalue weighted by atomic mass is 35.5. The van der Waals surface area contributed by atoms with Crippen LogP contribution in [-0.2, 0) is 20.7 Å². The summed E-state index contributed by atoms with van der Waals surface area (Å²) in [5.41, 5.74) is 4.11. The van der Waals surface area contributed by atoms with E-state index in [4.69, 9.17) is 79.1 Å². The van der Waals surface area contributed by atoms with Gasteiger partial charge in [-0.15, -0.1) is 0 Å². The standard InChI is InChI=1S/C23H18Cl3F2NO.C16H12Cl3NO2/c24-15-2-5-17(6-3-15)29-12-18(9-14-1-8-21(27)22(28)10-14)30-13-23(29)19-7-4-16(25)11-20(19)26;17-10-1-4-12(5-2-10)20-15(8-22-9-16(20)21)13-6-3-11(18)7-14(13)19/h1-8,10-11,18,23H,9,12-13H2;1-7,15H,8-9H2. The van der Waals surface area contributed by atoms with Crippen LogP contribution in [0.15, 0.2) is 103 Å². The van der Waals surface area contributed by atoms with Crippen LogP contribution in [0.1, 0.15) is 28.8 Å². The summed E-state index contributed by atoms with van der Waals surface area (Å²) in [6.45, 7) is 1.35. The number of nitrogens with zero attached hydrogens (tertiary/aromatic N) is 2. The zero-order chi connectivity index (χ0) is 36.9. The molecule has 3 unspecified atom stereocenters. The number of morpholine rings is 2. The summed E-state index contributed by atoms with van der Waals surface area (Å²) in [7, 11) is 0. The van der Waals surface area contributed by atoms with Gasteiger partial charge >= 0.3 is 0 Å². The van der Waals surface area contributed by atoms with E-state index in [1.54, 1.807) is 47.4 Å². The van der Waals surface area contributed by atoms with Crippen LogP contribution >= 0.6 is 69.6 Å². The molecule has 5 nitrogen and oxygen atoms in total. The normalized spacial score (nSPS) is 18.9. The number of anilines is 2. The van der Waals surface area contributed by atoms with Crippen molar-refractivity contribution in [2.24, 2.45) is 0 Å². The summed E-state index contributed by atoms with van der Waals surface area (Å²) in [4.78, 5) is 16.2. The second kappa shape index (κ2) is 17.4. The lowest BCUT2D eigenvalue weighted by Crippen LogP contribution is -2.45. The summed E-state index contributed by atoms with van der Waals surface area (Å²) in [6, 6.07) is 28.8. The van der Waals surface area contributed by atoms with Crippen molar-refractivity contribution in [2.45, 2.75) is 24.6 Å². The third-order valence-electron chi connectivity index (χ3n) is 8.70. The number of ether oxygens (including phenoxy) is 2. The smallest absolute Gasteiger partial charge is 0.253 e. The van der Waals surface area contributed by atoms with Crippen molar-refractivity contribution in [2.75, 3.05) is 36.2 Å². The highest BCUT2D eigenvalue weighted by Gasteiger charge is 2.33. The first kappa shape index (κ1) is 38.6. The summed E-state index contributed by atoms with van der Waals surface area (Å²) in [6.07, 6.45) is 0.260. The van der Waals surface area contributed by atoms with Gasteiger partial charge in [-0.05, 0) is 102 Å². The molecule has 7 rings (SSSR count). The fraction of sp³-hybridized carbons (Fsp3) is 0.205. The third kappa shape index (κ3) is 9.33. The van der Waals surface area contributed by atoms with E-state index in [2.05, 4.69) is 4.90 Å². The van der Waals surface area contributed by atoms with Crippen molar-refractivity contribution >= 4 is 86.9 Å². The Bertz CT molecular complexity index is 2040. The lowest BCUT2D eigenvalue weighted by atomic mass is 9.99. The Morgan fingerprint density at radius 1 is 0.615 bits per heavy atom. The summed E-state index contributed by atoms with van der Waals surface area (Å²) in [5.74, 6) is -1.84. The van der Waals surface area contributed by atoms with Gasteiger partial charge in [0.1, 0.15) is 6.61 Å². The molecule has 0 N–H and O–H groups in total. The molecule has 2 aliphatic rings. The van der Waals surface area contributed by atoms with Crippen LogP contribution in [0.3, 0.4) is 0 Å². The first-order chi connectivity index (χ1) is 25.0. The summed E-state index contributed by atoms with van der Waals surface area (Å²) < 4.78 is 38.4. The maximum absolute atomic E-state index is 13.6. The minimum absolute atomic E-state index is 0.0460. The van der Waals surface area contributed by atoms with Crippen LogP contribution in [0.2, 0.25) is 30.1 Å². The number of halogens is 8. The highest BCUT2D eigenvalue weighted by Crippen LogP contribution is 2.38. The molecule has 270 valence electrons. The lowest BCUT2D eigenvalue weighted by molar-refractivity contribution is -0.127. The lowest BCUT2D eigenvalue weighted by Gasteiger charge is -2.42. The Labute approximate surface area is 330 Å². The molecule has 0 radical (unpaired) electrons. The number of hydrogen-bond acceptors (Lipinski definition) is 4. The molecule has 2 fully saturated rings. The van der Waals surface area contributed by atoms with Gasteiger partial charge in [0.2, 0.25) is 0 Å². The van der Waals surface area contributed by atoms with E-state index in [1.807, 2.05) is 48.5 Å². The van der Waals surface area contributed by atoms with E-state index >= 15 is 0 Å². The number of rotatable bonds is 6. The van der Waals surface area contributed by atoms with Crippen molar-refractivity contribution in [3.05, 3.63) is 162 Å². The number of hydrogen-bond donors (Lipinski definition) is 0. The first-order valence-corrected chi connectivity index (χ1v) is 18.4.